The minimum atomic E-state index is 0.0108. The van der Waals surface area contributed by atoms with E-state index in [4.69, 9.17) is 4.74 Å². The molecule has 21 heavy (non-hydrogen) atoms. The van der Waals surface area contributed by atoms with Crippen LogP contribution < -0.4 is 9.64 Å². The van der Waals surface area contributed by atoms with Gasteiger partial charge in [-0.1, -0.05) is 39.0 Å². The highest BCUT2D eigenvalue weighted by Crippen LogP contribution is 2.30. The second kappa shape index (κ2) is 6.48. The zero-order valence-corrected chi connectivity index (χ0v) is 13.6. The lowest BCUT2D eigenvalue weighted by Gasteiger charge is -2.30. The van der Waals surface area contributed by atoms with Crippen molar-refractivity contribution in [1.29, 1.82) is 0 Å². The molecule has 4 heteroatoms. The number of benzene rings is 1. The van der Waals surface area contributed by atoms with Crippen molar-refractivity contribution in [1.82, 2.24) is 4.90 Å². The van der Waals surface area contributed by atoms with Gasteiger partial charge in [-0.05, 0) is 17.0 Å². The minimum absolute atomic E-state index is 0.0108. The minimum Gasteiger partial charge on any atom is -0.483 e. The van der Waals surface area contributed by atoms with Gasteiger partial charge in [0.2, 0.25) is 0 Å². The molecule has 0 radical (unpaired) electrons. The highest BCUT2D eigenvalue weighted by Gasteiger charge is 2.23. The Morgan fingerprint density at radius 3 is 2.48 bits per heavy atom. The van der Waals surface area contributed by atoms with Gasteiger partial charge in [0, 0.05) is 0 Å². The first-order chi connectivity index (χ1) is 9.88. The predicted molar refractivity (Wildman–Crippen MR) is 83.8 cm³/mol. The quantitative estimate of drug-likeness (QED) is 0.890. The first-order valence-corrected chi connectivity index (χ1v) is 7.69. The van der Waals surface area contributed by atoms with Crippen molar-refractivity contribution in [3.63, 3.8) is 0 Å². The summed E-state index contributed by atoms with van der Waals surface area (Å²) in [7, 11) is 2.16. The summed E-state index contributed by atoms with van der Waals surface area (Å²) in [5.41, 5.74) is 1.15. The van der Waals surface area contributed by atoms with E-state index in [9.17, 15) is 4.79 Å². The van der Waals surface area contributed by atoms with Gasteiger partial charge in [0.1, 0.15) is 5.75 Å². The molecule has 4 nitrogen and oxygen atoms in total. The summed E-state index contributed by atoms with van der Waals surface area (Å²) in [6.07, 6.45) is 0. The van der Waals surface area contributed by atoms with Crippen LogP contribution in [0.3, 0.4) is 0 Å². The molecule has 1 heterocycles. The number of para-hydroxylation sites is 1. The Labute approximate surface area is 127 Å². The lowest BCUT2D eigenvalue weighted by atomic mass is 9.86. The maximum Gasteiger partial charge on any atom is 0.260 e. The number of piperazine rings is 1. The topological polar surface area (TPSA) is 34.0 Å². The third-order valence-electron chi connectivity index (χ3n) is 4.02. The first kappa shape index (κ1) is 15.8. The van der Waals surface area contributed by atoms with E-state index >= 15 is 0 Å². The molecular formula is C17H27N2O2+. The number of amides is 1. The summed E-state index contributed by atoms with van der Waals surface area (Å²) >= 11 is 0. The standard InChI is InChI=1S/C17H26N2O2/c1-17(2,3)14-7-5-6-8-15(14)21-13-16(20)19-11-9-18(4)10-12-19/h5-8H,9-13H2,1-4H3/p+1. The van der Waals surface area contributed by atoms with Gasteiger partial charge in [0.05, 0.1) is 33.2 Å². The van der Waals surface area contributed by atoms with E-state index < -0.39 is 0 Å². The number of likely N-dealkylation sites (N-methyl/N-ethyl adjacent to an activating group) is 1. The van der Waals surface area contributed by atoms with E-state index in [-0.39, 0.29) is 17.9 Å². The molecule has 0 aliphatic carbocycles. The number of quaternary nitrogens is 1. The fourth-order valence-electron chi connectivity index (χ4n) is 2.58. The molecule has 0 aromatic heterocycles. The molecule has 1 saturated heterocycles. The van der Waals surface area contributed by atoms with Crippen LogP contribution in [0.4, 0.5) is 0 Å². The Bertz CT molecular complexity index is 486. The number of carbonyl (C=O) groups excluding carboxylic acids is 1. The molecule has 1 fully saturated rings. The highest BCUT2D eigenvalue weighted by atomic mass is 16.5. The molecular weight excluding hydrogens is 264 g/mol. The maximum atomic E-state index is 12.2. The fraction of sp³-hybridized carbons (Fsp3) is 0.588. The third-order valence-corrected chi connectivity index (χ3v) is 4.02. The van der Waals surface area contributed by atoms with Gasteiger partial charge in [0.15, 0.2) is 6.61 Å². The molecule has 0 saturated carbocycles. The highest BCUT2D eigenvalue weighted by molar-refractivity contribution is 5.77. The van der Waals surface area contributed by atoms with Crippen LogP contribution in [0.5, 0.6) is 5.75 Å². The SMILES string of the molecule is C[NH+]1CCN(C(=O)COc2ccccc2C(C)(C)C)CC1. The molecule has 116 valence electrons. The van der Waals surface area contributed by atoms with Gasteiger partial charge in [0.25, 0.3) is 5.91 Å². The van der Waals surface area contributed by atoms with Crippen molar-refractivity contribution in [2.24, 2.45) is 0 Å². The number of ether oxygens (including phenoxy) is 1. The monoisotopic (exact) mass is 291 g/mol. The molecule has 1 N–H and O–H groups in total. The van der Waals surface area contributed by atoms with Crippen LogP contribution in [0.15, 0.2) is 24.3 Å². The van der Waals surface area contributed by atoms with E-state index in [1.807, 2.05) is 23.1 Å². The molecule has 0 spiro atoms. The molecule has 0 unspecified atom stereocenters. The Morgan fingerprint density at radius 1 is 1.24 bits per heavy atom. The zero-order chi connectivity index (χ0) is 15.5. The number of carbonyl (C=O) groups is 1. The predicted octanol–water partition coefficient (Wildman–Crippen LogP) is 0.720. The average Bonchev–Trinajstić information content (AvgIpc) is 2.45. The third kappa shape index (κ3) is 4.21. The van der Waals surface area contributed by atoms with Crippen molar-refractivity contribution in [3.05, 3.63) is 29.8 Å². The summed E-state index contributed by atoms with van der Waals surface area (Å²) < 4.78 is 5.81. The van der Waals surface area contributed by atoms with E-state index in [0.29, 0.717) is 0 Å². The second-order valence-electron chi connectivity index (χ2n) is 6.87. The van der Waals surface area contributed by atoms with Crippen molar-refractivity contribution < 1.29 is 14.4 Å². The molecule has 1 aromatic carbocycles. The number of nitrogens with one attached hydrogen (secondary N) is 1. The van der Waals surface area contributed by atoms with Crippen LogP contribution >= 0.6 is 0 Å². The molecule has 1 aromatic rings. The van der Waals surface area contributed by atoms with Crippen LogP contribution in [-0.2, 0) is 10.2 Å². The van der Waals surface area contributed by atoms with Crippen molar-refractivity contribution >= 4 is 5.91 Å². The number of hydrogen-bond acceptors (Lipinski definition) is 2. The lowest BCUT2D eigenvalue weighted by Crippen LogP contribution is -3.12. The van der Waals surface area contributed by atoms with Crippen LogP contribution in [0, 0.1) is 0 Å². The molecule has 0 atom stereocenters. The van der Waals surface area contributed by atoms with Crippen molar-refractivity contribution in [2.45, 2.75) is 26.2 Å². The fourth-order valence-corrected chi connectivity index (χ4v) is 2.58. The van der Waals surface area contributed by atoms with E-state index in [0.717, 1.165) is 37.5 Å². The van der Waals surface area contributed by atoms with Gasteiger partial charge < -0.3 is 14.5 Å². The zero-order valence-electron chi connectivity index (χ0n) is 13.6. The maximum absolute atomic E-state index is 12.2. The van der Waals surface area contributed by atoms with Gasteiger partial charge in [-0.3, -0.25) is 4.79 Å². The summed E-state index contributed by atoms with van der Waals surface area (Å²) in [4.78, 5) is 15.6. The van der Waals surface area contributed by atoms with Crippen LogP contribution in [0.25, 0.3) is 0 Å². The molecule has 2 rings (SSSR count). The summed E-state index contributed by atoms with van der Waals surface area (Å²) in [6.45, 7) is 10.3. The Balaban J connectivity index is 1.96. The Kier molecular flexibility index (Phi) is 4.88. The molecule has 0 bridgehead atoms. The normalized spacial score (nSPS) is 16.9. The summed E-state index contributed by atoms with van der Waals surface area (Å²) in [5.74, 6) is 0.907. The Hall–Kier alpha value is -1.55. The van der Waals surface area contributed by atoms with Gasteiger partial charge >= 0.3 is 0 Å². The summed E-state index contributed by atoms with van der Waals surface area (Å²) in [6, 6.07) is 7.98. The molecule has 1 amide bonds. The Morgan fingerprint density at radius 2 is 1.86 bits per heavy atom. The first-order valence-electron chi connectivity index (χ1n) is 7.69. The number of nitrogens with zero attached hydrogens (tertiary/aromatic N) is 1. The lowest BCUT2D eigenvalue weighted by molar-refractivity contribution is -0.883. The van der Waals surface area contributed by atoms with Crippen LogP contribution in [0.1, 0.15) is 26.3 Å². The van der Waals surface area contributed by atoms with E-state index in [1.165, 1.54) is 4.90 Å². The van der Waals surface area contributed by atoms with Crippen molar-refractivity contribution in [3.8, 4) is 5.75 Å². The van der Waals surface area contributed by atoms with E-state index in [2.05, 4.69) is 33.9 Å². The van der Waals surface area contributed by atoms with Crippen molar-refractivity contribution in [2.75, 3.05) is 39.8 Å². The molecule has 1 aliphatic rings. The average molecular weight is 291 g/mol. The van der Waals surface area contributed by atoms with Crippen LogP contribution in [0.2, 0.25) is 0 Å². The van der Waals surface area contributed by atoms with Gasteiger partial charge in [-0.2, -0.15) is 0 Å². The smallest absolute Gasteiger partial charge is 0.260 e. The second-order valence-corrected chi connectivity index (χ2v) is 6.87. The van der Waals surface area contributed by atoms with Gasteiger partial charge in [-0.15, -0.1) is 0 Å². The largest absolute Gasteiger partial charge is 0.483 e. The number of hydrogen-bond donors (Lipinski definition) is 1. The van der Waals surface area contributed by atoms with Gasteiger partial charge in [-0.25, -0.2) is 0 Å². The van der Waals surface area contributed by atoms with E-state index in [1.54, 1.807) is 0 Å². The summed E-state index contributed by atoms with van der Waals surface area (Å²) in [5, 5.41) is 0. The molecule has 1 aliphatic heterocycles. The van der Waals surface area contributed by atoms with Crippen LogP contribution in [-0.4, -0.2) is 50.6 Å². The number of rotatable bonds is 3.